The van der Waals surface area contributed by atoms with E-state index >= 15 is 0 Å². The second kappa shape index (κ2) is 6.88. The van der Waals surface area contributed by atoms with Crippen LogP contribution in [0.15, 0.2) is 23.8 Å². The van der Waals surface area contributed by atoms with Crippen LogP contribution in [0.4, 0.5) is 0 Å². The maximum atomic E-state index is 11.8. The second-order valence-electron chi connectivity index (χ2n) is 4.33. The molecule has 0 spiro atoms. The number of hydrogen-bond acceptors (Lipinski definition) is 7. The molecule has 1 aliphatic rings. The summed E-state index contributed by atoms with van der Waals surface area (Å²) in [5.41, 5.74) is 0.0869. The number of carboxylic acids is 1. The number of rotatable bonds is 5. The molecule has 0 atom stereocenters. The van der Waals surface area contributed by atoms with Crippen LogP contribution < -0.4 is 25.2 Å². The summed E-state index contributed by atoms with van der Waals surface area (Å²) in [7, 11) is 1.37. The van der Waals surface area contributed by atoms with Crippen molar-refractivity contribution in [3.63, 3.8) is 0 Å². The standard InChI is InChI=1S/C14H12N2O6S/c1-21-9-4-2-3-7(11(9)22-6-10(17)18)5-8-12(19)15-14(23)16-13(8)20/h2-5H,6H2,1H3,(H,17,18)(H2,15,16,19,20,23)/p-1. The van der Waals surface area contributed by atoms with E-state index in [2.05, 4.69) is 10.6 Å². The molecule has 2 N–H and O–H groups in total. The van der Waals surface area contributed by atoms with Crippen molar-refractivity contribution in [1.82, 2.24) is 10.6 Å². The Balaban J connectivity index is 2.44. The van der Waals surface area contributed by atoms with Crippen molar-refractivity contribution >= 4 is 41.2 Å². The first-order valence-corrected chi connectivity index (χ1v) is 6.71. The lowest BCUT2D eigenvalue weighted by atomic mass is 10.1. The molecule has 0 saturated carbocycles. The third kappa shape index (κ3) is 3.83. The number of carboxylic acid groups (broad SMARTS) is 1. The molecule has 0 bridgehead atoms. The highest BCUT2D eigenvalue weighted by molar-refractivity contribution is 7.80. The van der Waals surface area contributed by atoms with Gasteiger partial charge in [-0.05, 0) is 24.4 Å². The molecule has 0 unspecified atom stereocenters. The maximum Gasteiger partial charge on any atom is 0.263 e. The van der Waals surface area contributed by atoms with Crippen molar-refractivity contribution in [3.8, 4) is 11.5 Å². The van der Waals surface area contributed by atoms with E-state index in [0.717, 1.165) is 0 Å². The number of para-hydroxylation sites is 1. The van der Waals surface area contributed by atoms with Crippen molar-refractivity contribution in [2.45, 2.75) is 0 Å². The van der Waals surface area contributed by atoms with Gasteiger partial charge < -0.3 is 19.4 Å². The van der Waals surface area contributed by atoms with Crippen LogP contribution in [0.3, 0.4) is 0 Å². The number of carbonyl (C=O) groups excluding carboxylic acids is 3. The molecular weight excluding hydrogens is 324 g/mol. The molecule has 0 radical (unpaired) electrons. The lowest BCUT2D eigenvalue weighted by molar-refractivity contribution is -0.307. The second-order valence-corrected chi connectivity index (χ2v) is 4.74. The number of amides is 2. The highest BCUT2D eigenvalue weighted by Gasteiger charge is 2.26. The summed E-state index contributed by atoms with van der Waals surface area (Å²) in [6, 6.07) is 4.68. The van der Waals surface area contributed by atoms with Crippen molar-refractivity contribution in [2.75, 3.05) is 13.7 Å². The van der Waals surface area contributed by atoms with Gasteiger partial charge in [-0.25, -0.2) is 0 Å². The van der Waals surface area contributed by atoms with Gasteiger partial charge >= 0.3 is 0 Å². The molecule has 23 heavy (non-hydrogen) atoms. The van der Waals surface area contributed by atoms with Gasteiger partial charge in [0.05, 0.1) is 13.1 Å². The minimum Gasteiger partial charge on any atom is -0.546 e. The Morgan fingerprint density at radius 2 is 1.96 bits per heavy atom. The summed E-state index contributed by atoms with van der Waals surface area (Å²) in [5, 5.41) is 15.1. The van der Waals surface area contributed by atoms with Gasteiger partial charge in [0, 0.05) is 5.56 Å². The predicted octanol–water partition coefficient (Wildman–Crippen LogP) is -1.26. The van der Waals surface area contributed by atoms with Crippen LogP contribution >= 0.6 is 12.2 Å². The third-order valence-corrected chi connectivity index (χ3v) is 3.01. The van der Waals surface area contributed by atoms with Crippen LogP contribution in [0.2, 0.25) is 0 Å². The first-order chi connectivity index (χ1) is 10.9. The third-order valence-electron chi connectivity index (χ3n) is 2.81. The maximum absolute atomic E-state index is 11.8. The lowest BCUT2D eigenvalue weighted by Crippen LogP contribution is -2.51. The zero-order chi connectivity index (χ0) is 17.0. The predicted molar refractivity (Wildman–Crippen MR) is 80.4 cm³/mol. The van der Waals surface area contributed by atoms with Crippen molar-refractivity contribution in [1.29, 1.82) is 0 Å². The Hall–Kier alpha value is -2.94. The minimum absolute atomic E-state index is 0.0699. The van der Waals surface area contributed by atoms with E-state index < -0.39 is 24.4 Å². The molecule has 1 aliphatic heterocycles. The SMILES string of the molecule is COc1cccc(C=C2C(=O)NC(=S)NC2=O)c1OCC(=O)[O-]. The van der Waals surface area contributed by atoms with E-state index in [0.29, 0.717) is 5.56 Å². The summed E-state index contributed by atoms with van der Waals surface area (Å²) in [6.07, 6.45) is 1.25. The monoisotopic (exact) mass is 335 g/mol. The van der Waals surface area contributed by atoms with Crippen molar-refractivity contribution < 1.29 is 29.0 Å². The molecular formula is C14H11N2O6S-. The van der Waals surface area contributed by atoms with Gasteiger partial charge in [-0.1, -0.05) is 12.1 Å². The summed E-state index contributed by atoms with van der Waals surface area (Å²) in [4.78, 5) is 34.3. The zero-order valence-corrected chi connectivity index (χ0v) is 12.7. The van der Waals surface area contributed by atoms with Crippen LogP contribution in [0, 0.1) is 0 Å². The van der Waals surface area contributed by atoms with E-state index in [-0.39, 0.29) is 22.2 Å². The number of ether oxygens (including phenoxy) is 2. The van der Waals surface area contributed by atoms with Crippen molar-refractivity contribution in [2.24, 2.45) is 0 Å². The van der Waals surface area contributed by atoms with E-state index in [9.17, 15) is 19.5 Å². The fourth-order valence-corrected chi connectivity index (χ4v) is 2.04. The topological polar surface area (TPSA) is 117 Å². The molecule has 120 valence electrons. The number of nitrogens with one attached hydrogen (secondary N) is 2. The fraction of sp³-hybridized carbons (Fsp3) is 0.143. The van der Waals surface area contributed by atoms with Gasteiger partial charge in [-0.3, -0.25) is 20.2 Å². The number of benzene rings is 1. The van der Waals surface area contributed by atoms with Crippen molar-refractivity contribution in [3.05, 3.63) is 29.3 Å². The van der Waals surface area contributed by atoms with Gasteiger partial charge in [0.25, 0.3) is 11.8 Å². The fourth-order valence-electron chi connectivity index (χ4n) is 1.85. The molecule has 0 aromatic heterocycles. The van der Waals surface area contributed by atoms with Gasteiger partial charge in [-0.15, -0.1) is 0 Å². The highest BCUT2D eigenvalue weighted by Crippen LogP contribution is 2.32. The lowest BCUT2D eigenvalue weighted by Gasteiger charge is -2.18. The van der Waals surface area contributed by atoms with Crippen LogP contribution in [0.5, 0.6) is 11.5 Å². The number of methoxy groups -OCH3 is 1. The molecule has 1 aromatic carbocycles. The Morgan fingerprint density at radius 3 is 2.52 bits per heavy atom. The van der Waals surface area contributed by atoms with Gasteiger partial charge in [0.15, 0.2) is 16.6 Å². The number of thiocarbonyl (C=S) groups is 1. The van der Waals surface area contributed by atoms with Crippen LogP contribution in [0.1, 0.15) is 5.56 Å². The first kappa shape index (κ1) is 16.4. The molecule has 2 rings (SSSR count). The Bertz CT molecular complexity index is 706. The Kier molecular flexibility index (Phi) is 4.91. The van der Waals surface area contributed by atoms with Crippen LogP contribution in [0.25, 0.3) is 6.08 Å². The Labute approximate surface area is 136 Å². The molecule has 1 aromatic rings. The average Bonchev–Trinajstić information content (AvgIpc) is 2.48. The van der Waals surface area contributed by atoms with E-state index in [1.165, 1.54) is 19.3 Å². The van der Waals surface area contributed by atoms with Crippen LogP contribution in [-0.4, -0.2) is 36.6 Å². The molecule has 1 fully saturated rings. The molecule has 2 amide bonds. The van der Waals surface area contributed by atoms with E-state index in [1.54, 1.807) is 12.1 Å². The van der Waals surface area contributed by atoms with E-state index in [1.807, 2.05) is 0 Å². The molecule has 9 heteroatoms. The average molecular weight is 335 g/mol. The van der Waals surface area contributed by atoms with Crippen LogP contribution in [-0.2, 0) is 14.4 Å². The first-order valence-electron chi connectivity index (χ1n) is 6.30. The van der Waals surface area contributed by atoms with E-state index in [4.69, 9.17) is 21.7 Å². The highest BCUT2D eigenvalue weighted by atomic mass is 32.1. The number of carbonyl (C=O) groups is 3. The molecule has 8 nitrogen and oxygen atoms in total. The summed E-state index contributed by atoms with van der Waals surface area (Å²) in [6.45, 7) is -0.709. The molecule has 0 aliphatic carbocycles. The Morgan fingerprint density at radius 1 is 1.30 bits per heavy atom. The quantitative estimate of drug-likeness (QED) is 0.392. The smallest absolute Gasteiger partial charge is 0.263 e. The number of hydrogen-bond donors (Lipinski definition) is 2. The summed E-state index contributed by atoms with van der Waals surface area (Å²) < 4.78 is 10.2. The minimum atomic E-state index is -1.42. The summed E-state index contributed by atoms with van der Waals surface area (Å²) in [5.74, 6) is -2.46. The number of aliphatic carboxylic acids is 1. The summed E-state index contributed by atoms with van der Waals surface area (Å²) >= 11 is 4.70. The molecule has 1 heterocycles. The van der Waals surface area contributed by atoms with Gasteiger partial charge in [0.2, 0.25) is 0 Å². The van der Waals surface area contributed by atoms with Gasteiger partial charge in [-0.2, -0.15) is 0 Å². The largest absolute Gasteiger partial charge is 0.546 e. The zero-order valence-electron chi connectivity index (χ0n) is 11.9. The normalized spacial score (nSPS) is 14.0. The van der Waals surface area contributed by atoms with Gasteiger partial charge in [0.1, 0.15) is 12.2 Å². The molecule has 1 saturated heterocycles.